The average Bonchev–Trinajstić information content (AvgIpc) is 2.78. The second-order valence-electron chi connectivity index (χ2n) is 7.71. The van der Waals surface area contributed by atoms with Gasteiger partial charge in [-0.25, -0.2) is 4.99 Å². The summed E-state index contributed by atoms with van der Waals surface area (Å²) in [7, 11) is 3.51. The van der Waals surface area contributed by atoms with E-state index in [4.69, 9.17) is 4.74 Å². The van der Waals surface area contributed by atoms with E-state index >= 15 is 0 Å². The Bertz CT molecular complexity index is 800. The molecular weight excluding hydrogens is 376 g/mol. The minimum Gasteiger partial charge on any atom is -0.490 e. The predicted octanol–water partition coefficient (Wildman–Crippen LogP) is 2.81. The molecule has 0 aliphatic carbocycles. The van der Waals surface area contributed by atoms with Crippen LogP contribution in [0.1, 0.15) is 18.4 Å². The summed E-state index contributed by atoms with van der Waals surface area (Å²) in [6.45, 7) is 2.64. The first-order valence-corrected chi connectivity index (χ1v) is 10.6. The molecule has 2 aromatic carbocycles. The lowest BCUT2D eigenvalue weighted by atomic mass is 10.1. The van der Waals surface area contributed by atoms with Crippen molar-refractivity contribution in [2.24, 2.45) is 4.99 Å². The number of rotatable bonds is 7. The highest BCUT2D eigenvalue weighted by molar-refractivity contribution is 5.84. The fourth-order valence-corrected chi connectivity index (χ4v) is 3.39. The number of para-hydroxylation sites is 1. The SMILES string of the molecule is CN(C)C(=O)CN=C(NCCc1ccccc1)N1CCC(Oc2ccccc2)CC1. The van der Waals surface area contributed by atoms with Crippen LogP contribution < -0.4 is 10.1 Å². The van der Waals surface area contributed by atoms with Crippen LogP contribution in [0.15, 0.2) is 65.7 Å². The number of ether oxygens (including phenoxy) is 1. The Balaban J connectivity index is 1.55. The van der Waals surface area contributed by atoms with Gasteiger partial charge < -0.3 is 19.9 Å². The van der Waals surface area contributed by atoms with E-state index in [1.165, 1.54) is 5.56 Å². The normalized spacial score (nSPS) is 15.0. The molecule has 0 bridgehead atoms. The molecule has 0 aromatic heterocycles. The number of guanidine groups is 1. The Morgan fingerprint density at radius 2 is 1.70 bits per heavy atom. The van der Waals surface area contributed by atoms with Gasteiger partial charge in [0.15, 0.2) is 5.96 Å². The molecule has 1 saturated heterocycles. The summed E-state index contributed by atoms with van der Waals surface area (Å²) in [6, 6.07) is 20.4. The number of hydrogen-bond acceptors (Lipinski definition) is 3. The summed E-state index contributed by atoms with van der Waals surface area (Å²) < 4.78 is 6.10. The molecule has 0 unspecified atom stereocenters. The van der Waals surface area contributed by atoms with Crippen LogP contribution in [-0.2, 0) is 11.2 Å². The van der Waals surface area contributed by atoms with Crippen molar-refractivity contribution in [1.29, 1.82) is 0 Å². The van der Waals surface area contributed by atoms with Gasteiger partial charge >= 0.3 is 0 Å². The van der Waals surface area contributed by atoms with Crippen molar-refractivity contribution in [1.82, 2.24) is 15.1 Å². The van der Waals surface area contributed by atoms with Gasteiger partial charge in [-0.2, -0.15) is 0 Å². The van der Waals surface area contributed by atoms with E-state index in [2.05, 4.69) is 39.5 Å². The van der Waals surface area contributed by atoms with Crippen molar-refractivity contribution in [2.45, 2.75) is 25.4 Å². The van der Waals surface area contributed by atoms with Crippen LogP contribution >= 0.6 is 0 Å². The molecule has 6 nitrogen and oxygen atoms in total. The number of benzene rings is 2. The van der Waals surface area contributed by atoms with Gasteiger partial charge in [-0.3, -0.25) is 4.79 Å². The molecule has 2 aromatic rings. The first kappa shape index (κ1) is 21.7. The molecule has 0 radical (unpaired) electrons. The zero-order valence-corrected chi connectivity index (χ0v) is 18.0. The smallest absolute Gasteiger partial charge is 0.243 e. The third-order valence-corrected chi connectivity index (χ3v) is 5.19. The molecule has 1 heterocycles. The molecule has 1 fully saturated rings. The van der Waals surface area contributed by atoms with Crippen LogP contribution in [0.2, 0.25) is 0 Å². The third-order valence-electron chi connectivity index (χ3n) is 5.19. The van der Waals surface area contributed by atoms with E-state index in [9.17, 15) is 4.79 Å². The first-order valence-electron chi connectivity index (χ1n) is 10.6. The number of aliphatic imine (C=N–C) groups is 1. The summed E-state index contributed by atoms with van der Waals surface area (Å²) in [6.07, 6.45) is 2.97. The van der Waals surface area contributed by atoms with Gasteiger partial charge in [0, 0.05) is 46.6 Å². The number of nitrogens with zero attached hydrogens (tertiary/aromatic N) is 3. The maximum absolute atomic E-state index is 12.0. The minimum atomic E-state index is -0.000318. The topological polar surface area (TPSA) is 57.2 Å². The van der Waals surface area contributed by atoms with Crippen LogP contribution in [0.4, 0.5) is 0 Å². The Labute approximate surface area is 179 Å². The molecule has 1 amide bonds. The predicted molar refractivity (Wildman–Crippen MR) is 121 cm³/mol. The summed E-state index contributed by atoms with van der Waals surface area (Å²) in [5.41, 5.74) is 1.28. The van der Waals surface area contributed by atoms with E-state index < -0.39 is 0 Å². The largest absolute Gasteiger partial charge is 0.490 e. The van der Waals surface area contributed by atoms with E-state index in [1.807, 2.05) is 36.4 Å². The zero-order chi connectivity index (χ0) is 21.2. The van der Waals surface area contributed by atoms with Gasteiger partial charge in [0.25, 0.3) is 0 Å². The third kappa shape index (κ3) is 6.79. The number of amides is 1. The average molecular weight is 409 g/mol. The molecular formula is C24H32N4O2. The molecule has 1 aliphatic heterocycles. The zero-order valence-electron chi connectivity index (χ0n) is 18.0. The van der Waals surface area contributed by atoms with Gasteiger partial charge in [0.2, 0.25) is 5.91 Å². The van der Waals surface area contributed by atoms with Crippen LogP contribution in [0.3, 0.4) is 0 Å². The first-order chi connectivity index (χ1) is 14.6. The molecule has 0 spiro atoms. The highest BCUT2D eigenvalue weighted by atomic mass is 16.5. The molecule has 6 heteroatoms. The maximum Gasteiger partial charge on any atom is 0.243 e. The number of carbonyl (C=O) groups is 1. The fourth-order valence-electron chi connectivity index (χ4n) is 3.39. The Hall–Kier alpha value is -3.02. The number of piperidine rings is 1. The number of nitrogens with one attached hydrogen (secondary N) is 1. The van der Waals surface area contributed by atoms with E-state index in [-0.39, 0.29) is 18.6 Å². The molecule has 3 rings (SSSR count). The highest BCUT2D eigenvalue weighted by Crippen LogP contribution is 2.18. The van der Waals surface area contributed by atoms with Crippen molar-refractivity contribution in [2.75, 3.05) is 40.3 Å². The second-order valence-corrected chi connectivity index (χ2v) is 7.71. The highest BCUT2D eigenvalue weighted by Gasteiger charge is 2.23. The van der Waals surface area contributed by atoms with Gasteiger partial charge in [0.1, 0.15) is 18.4 Å². The monoisotopic (exact) mass is 408 g/mol. The van der Waals surface area contributed by atoms with Crippen LogP contribution in [0, 0.1) is 0 Å². The Morgan fingerprint density at radius 1 is 1.07 bits per heavy atom. The number of likely N-dealkylation sites (N-methyl/N-ethyl adjacent to an activating group) is 1. The van der Waals surface area contributed by atoms with Gasteiger partial charge in [-0.15, -0.1) is 0 Å². The Morgan fingerprint density at radius 3 is 2.33 bits per heavy atom. The van der Waals surface area contributed by atoms with Crippen LogP contribution in [-0.4, -0.2) is 68.0 Å². The van der Waals surface area contributed by atoms with Crippen molar-refractivity contribution in [3.63, 3.8) is 0 Å². The standard InChI is InChI=1S/C24H32N4O2/c1-27(2)23(29)19-26-24(25-16-13-20-9-5-3-6-10-20)28-17-14-22(15-18-28)30-21-11-7-4-8-12-21/h3-12,22H,13-19H2,1-2H3,(H,25,26). The summed E-state index contributed by atoms with van der Waals surface area (Å²) in [5, 5.41) is 3.46. The lowest BCUT2D eigenvalue weighted by molar-refractivity contribution is -0.127. The summed E-state index contributed by atoms with van der Waals surface area (Å²) >= 11 is 0. The van der Waals surface area contributed by atoms with Crippen molar-refractivity contribution >= 4 is 11.9 Å². The molecule has 1 N–H and O–H groups in total. The molecule has 30 heavy (non-hydrogen) atoms. The minimum absolute atomic E-state index is 0.000318. The lowest BCUT2D eigenvalue weighted by Gasteiger charge is -2.34. The number of hydrogen-bond donors (Lipinski definition) is 1. The van der Waals surface area contributed by atoms with E-state index in [0.29, 0.717) is 0 Å². The fraction of sp³-hybridized carbons (Fsp3) is 0.417. The second kappa shape index (κ2) is 11.2. The molecule has 160 valence electrons. The van der Waals surface area contributed by atoms with Crippen molar-refractivity contribution < 1.29 is 9.53 Å². The molecule has 0 atom stereocenters. The quantitative estimate of drug-likeness (QED) is 0.565. The number of carbonyl (C=O) groups excluding carboxylic acids is 1. The summed E-state index contributed by atoms with van der Waals surface area (Å²) in [5.74, 6) is 1.72. The molecule has 0 saturated carbocycles. The van der Waals surface area contributed by atoms with Gasteiger partial charge in [0.05, 0.1) is 0 Å². The van der Waals surface area contributed by atoms with Gasteiger partial charge in [-0.05, 0) is 24.1 Å². The van der Waals surface area contributed by atoms with E-state index in [0.717, 1.165) is 50.6 Å². The van der Waals surface area contributed by atoms with E-state index in [1.54, 1.807) is 19.0 Å². The molecule has 1 aliphatic rings. The van der Waals surface area contributed by atoms with Crippen LogP contribution in [0.5, 0.6) is 5.75 Å². The lowest BCUT2D eigenvalue weighted by Crippen LogP contribution is -2.48. The van der Waals surface area contributed by atoms with Gasteiger partial charge in [-0.1, -0.05) is 48.5 Å². The summed E-state index contributed by atoms with van der Waals surface area (Å²) in [4.78, 5) is 20.5. The van der Waals surface area contributed by atoms with Crippen molar-refractivity contribution in [3.8, 4) is 5.75 Å². The maximum atomic E-state index is 12.0. The van der Waals surface area contributed by atoms with Crippen molar-refractivity contribution in [3.05, 3.63) is 66.2 Å². The number of likely N-dealkylation sites (tertiary alicyclic amines) is 1. The Kier molecular flexibility index (Phi) is 8.12. The van der Waals surface area contributed by atoms with Crippen LogP contribution in [0.25, 0.3) is 0 Å².